The molecule has 90 valence electrons. The summed E-state index contributed by atoms with van der Waals surface area (Å²) in [6.07, 6.45) is 1.50. The maximum atomic E-state index is 13.4. The van der Waals surface area contributed by atoms with E-state index >= 15 is 0 Å². The van der Waals surface area contributed by atoms with Crippen LogP contribution in [0.5, 0.6) is 11.6 Å². The topological polar surface area (TPSA) is 58.8 Å². The lowest BCUT2D eigenvalue weighted by molar-refractivity contribution is 0.452. The van der Waals surface area contributed by atoms with E-state index in [0.29, 0.717) is 5.56 Å². The highest BCUT2D eigenvalue weighted by Gasteiger charge is 2.08. The molecule has 0 unspecified atom stereocenters. The molecule has 0 radical (unpaired) electrons. The molecule has 0 aliphatic carbocycles. The van der Waals surface area contributed by atoms with Crippen LogP contribution in [0, 0.1) is 24.1 Å². The minimum atomic E-state index is -0.646. The number of ether oxygens (including phenoxy) is 1. The number of nitriles is 1. The number of nitrogens with zero attached hydrogens (tertiary/aromatic N) is 3. The van der Waals surface area contributed by atoms with Crippen molar-refractivity contribution in [2.24, 2.45) is 0 Å². The van der Waals surface area contributed by atoms with Crippen molar-refractivity contribution in [1.82, 2.24) is 9.97 Å². The Morgan fingerprint density at radius 2 is 2.22 bits per heavy atom. The van der Waals surface area contributed by atoms with Crippen LogP contribution in [0.3, 0.4) is 0 Å². The summed E-state index contributed by atoms with van der Waals surface area (Å²) >= 11 is 5.64. The van der Waals surface area contributed by atoms with Crippen LogP contribution in [0.4, 0.5) is 4.39 Å². The number of aryl methyl sites for hydroxylation is 1. The maximum Gasteiger partial charge on any atom is 0.226 e. The van der Waals surface area contributed by atoms with Gasteiger partial charge in [0.15, 0.2) is 0 Å². The van der Waals surface area contributed by atoms with Gasteiger partial charge in [-0.05, 0) is 30.7 Å². The number of hydrogen-bond acceptors (Lipinski definition) is 4. The standard InChI is InChI=1S/C12H7ClFN3O/c1-7-6-16-12(13)17-11(7)18-9-3-2-8(5-15)10(14)4-9/h2-4,6H,1H3. The van der Waals surface area contributed by atoms with E-state index < -0.39 is 5.82 Å². The van der Waals surface area contributed by atoms with Crippen molar-refractivity contribution < 1.29 is 9.13 Å². The smallest absolute Gasteiger partial charge is 0.226 e. The monoisotopic (exact) mass is 263 g/mol. The number of aromatic nitrogens is 2. The molecule has 0 bridgehead atoms. The minimum absolute atomic E-state index is 0.0419. The number of halogens is 2. The lowest BCUT2D eigenvalue weighted by atomic mass is 10.2. The second kappa shape index (κ2) is 4.98. The molecule has 1 aromatic carbocycles. The molecular formula is C12H7ClFN3O. The fourth-order valence-corrected chi connectivity index (χ4v) is 1.40. The molecule has 1 aromatic heterocycles. The van der Waals surface area contributed by atoms with E-state index in [9.17, 15) is 4.39 Å². The summed E-state index contributed by atoms with van der Waals surface area (Å²) < 4.78 is 18.8. The van der Waals surface area contributed by atoms with Gasteiger partial charge in [0.05, 0.1) is 5.56 Å². The Morgan fingerprint density at radius 3 is 2.89 bits per heavy atom. The first-order valence-electron chi connectivity index (χ1n) is 4.97. The van der Waals surface area contributed by atoms with Gasteiger partial charge in [0.25, 0.3) is 0 Å². The SMILES string of the molecule is Cc1cnc(Cl)nc1Oc1ccc(C#N)c(F)c1. The van der Waals surface area contributed by atoms with Gasteiger partial charge < -0.3 is 4.74 Å². The van der Waals surface area contributed by atoms with Gasteiger partial charge in [-0.1, -0.05) is 0 Å². The van der Waals surface area contributed by atoms with Gasteiger partial charge in [0.2, 0.25) is 11.2 Å². The highest BCUT2D eigenvalue weighted by atomic mass is 35.5. The van der Waals surface area contributed by atoms with Crippen LogP contribution >= 0.6 is 11.6 Å². The average molecular weight is 264 g/mol. The molecule has 2 rings (SSSR count). The predicted molar refractivity (Wildman–Crippen MR) is 63.0 cm³/mol. The van der Waals surface area contributed by atoms with Crippen molar-refractivity contribution in [3.05, 3.63) is 46.6 Å². The van der Waals surface area contributed by atoms with Gasteiger partial charge >= 0.3 is 0 Å². The molecule has 0 aliphatic heterocycles. The molecule has 1 heterocycles. The average Bonchev–Trinajstić information content (AvgIpc) is 2.34. The molecular weight excluding hydrogens is 257 g/mol. The van der Waals surface area contributed by atoms with Crippen LogP contribution in [0.25, 0.3) is 0 Å². The Hall–Kier alpha value is -2.19. The second-order valence-corrected chi connectivity index (χ2v) is 3.82. The fourth-order valence-electron chi connectivity index (χ4n) is 1.27. The first-order valence-corrected chi connectivity index (χ1v) is 5.34. The molecule has 0 saturated heterocycles. The lowest BCUT2D eigenvalue weighted by Gasteiger charge is -2.07. The largest absolute Gasteiger partial charge is 0.438 e. The molecule has 6 heteroatoms. The quantitative estimate of drug-likeness (QED) is 0.781. The van der Waals surface area contributed by atoms with Crippen molar-refractivity contribution in [3.8, 4) is 17.7 Å². The third-order valence-corrected chi connectivity index (χ3v) is 2.35. The van der Waals surface area contributed by atoms with E-state index in [4.69, 9.17) is 21.6 Å². The van der Waals surface area contributed by atoms with Crippen molar-refractivity contribution in [2.75, 3.05) is 0 Å². The number of rotatable bonds is 2. The Kier molecular flexibility index (Phi) is 3.40. The molecule has 0 aliphatic rings. The Balaban J connectivity index is 2.32. The number of benzene rings is 1. The van der Waals surface area contributed by atoms with Crippen LogP contribution in [-0.4, -0.2) is 9.97 Å². The Labute approximate surface area is 108 Å². The summed E-state index contributed by atoms with van der Waals surface area (Å²) in [6.45, 7) is 1.74. The molecule has 4 nitrogen and oxygen atoms in total. The van der Waals surface area contributed by atoms with E-state index in [0.717, 1.165) is 6.07 Å². The molecule has 0 atom stereocenters. The van der Waals surface area contributed by atoms with Crippen molar-refractivity contribution in [3.63, 3.8) is 0 Å². The zero-order valence-electron chi connectivity index (χ0n) is 9.32. The third kappa shape index (κ3) is 2.55. The molecule has 2 aromatic rings. The van der Waals surface area contributed by atoms with Crippen LogP contribution in [0.1, 0.15) is 11.1 Å². The molecule has 0 fully saturated rings. The van der Waals surface area contributed by atoms with E-state index in [2.05, 4.69) is 9.97 Å². The molecule has 0 amide bonds. The Bertz CT molecular complexity index is 640. The molecule has 18 heavy (non-hydrogen) atoms. The summed E-state index contributed by atoms with van der Waals surface area (Å²) in [5.41, 5.74) is 0.629. The van der Waals surface area contributed by atoms with Gasteiger partial charge in [-0.15, -0.1) is 0 Å². The van der Waals surface area contributed by atoms with Gasteiger partial charge in [-0.2, -0.15) is 10.2 Å². The molecule has 0 N–H and O–H groups in total. The van der Waals surface area contributed by atoms with Gasteiger partial charge in [0, 0.05) is 17.8 Å². The normalized spacial score (nSPS) is 9.89. The van der Waals surface area contributed by atoms with E-state index in [1.807, 2.05) is 0 Å². The third-order valence-electron chi connectivity index (χ3n) is 2.17. The fraction of sp³-hybridized carbons (Fsp3) is 0.0833. The van der Waals surface area contributed by atoms with Crippen molar-refractivity contribution in [2.45, 2.75) is 6.92 Å². The summed E-state index contributed by atoms with van der Waals surface area (Å²) in [4.78, 5) is 7.67. The lowest BCUT2D eigenvalue weighted by Crippen LogP contribution is -1.94. The predicted octanol–water partition coefficient (Wildman–Crippen LogP) is 3.24. The highest BCUT2D eigenvalue weighted by Crippen LogP contribution is 2.24. The van der Waals surface area contributed by atoms with Crippen LogP contribution in [-0.2, 0) is 0 Å². The second-order valence-electron chi connectivity index (χ2n) is 3.48. The summed E-state index contributed by atoms with van der Waals surface area (Å²) in [5.74, 6) is -0.156. The van der Waals surface area contributed by atoms with E-state index in [1.54, 1.807) is 13.0 Å². The first-order chi connectivity index (χ1) is 8.60. The molecule has 0 spiro atoms. The first kappa shape index (κ1) is 12.3. The van der Waals surface area contributed by atoms with Crippen molar-refractivity contribution in [1.29, 1.82) is 5.26 Å². The highest BCUT2D eigenvalue weighted by molar-refractivity contribution is 6.28. The van der Waals surface area contributed by atoms with Crippen LogP contribution in [0.15, 0.2) is 24.4 Å². The van der Waals surface area contributed by atoms with Crippen LogP contribution in [0.2, 0.25) is 5.28 Å². The zero-order valence-corrected chi connectivity index (χ0v) is 10.1. The number of hydrogen-bond donors (Lipinski definition) is 0. The van der Waals surface area contributed by atoms with Crippen LogP contribution < -0.4 is 4.74 Å². The summed E-state index contributed by atoms with van der Waals surface area (Å²) in [7, 11) is 0. The van der Waals surface area contributed by atoms with E-state index in [-0.39, 0.29) is 22.5 Å². The van der Waals surface area contributed by atoms with Gasteiger partial charge in [0.1, 0.15) is 17.6 Å². The van der Waals surface area contributed by atoms with E-state index in [1.165, 1.54) is 18.3 Å². The van der Waals surface area contributed by atoms with Crippen molar-refractivity contribution >= 4 is 11.6 Å². The Morgan fingerprint density at radius 1 is 1.44 bits per heavy atom. The molecule has 0 saturated carbocycles. The minimum Gasteiger partial charge on any atom is -0.438 e. The summed E-state index contributed by atoms with van der Waals surface area (Å²) in [5, 5.41) is 8.66. The van der Waals surface area contributed by atoms with Gasteiger partial charge in [-0.25, -0.2) is 9.37 Å². The zero-order chi connectivity index (χ0) is 13.1. The maximum absolute atomic E-state index is 13.4. The van der Waals surface area contributed by atoms with Gasteiger partial charge in [-0.3, -0.25) is 0 Å². The summed E-state index contributed by atoms with van der Waals surface area (Å²) in [6, 6.07) is 5.67.